The van der Waals surface area contributed by atoms with E-state index in [0.717, 1.165) is 13.1 Å². The monoisotopic (exact) mass is 262 g/mol. The van der Waals surface area contributed by atoms with Crippen LogP contribution in [-0.2, 0) is 4.79 Å². The number of carboxylic acid groups (broad SMARTS) is 1. The number of hydrogen-bond donors (Lipinski definition) is 1. The van der Waals surface area contributed by atoms with Gasteiger partial charge in [0.05, 0.1) is 0 Å². The minimum Gasteiger partial charge on any atom is -0.478 e. The molecule has 1 amide bonds. The van der Waals surface area contributed by atoms with Gasteiger partial charge in [-0.1, -0.05) is 0 Å². The van der Waals surface area contributed by atoms with E-state index in [-0.39, 0.29) is 4.90 Å². The maximum absolute atomic E-state index is 12.3. The highest BCUT2D eigenvalue weighted by Crippen LogP contribution is 2.24. The molecule has 0 bridgehead atoms. The number of carbonyl (C=O) groups excluding carboxylic acids is 1. The fraction of sp³-hybridized carbons (Fsp3) is 0.300. The van der Waals surface area contributed by atoms with E-state index in [4.69, 9.17) is 5.11 Å². The van der Waals surface area contributed by atoms with E-state index in [1.165, 1.54) is 13.0 Å². The Morgan fingerprint density at radius 3 is 2.33 bits per heavy atom. The summed E-state index contributed by atoms with van der Waals surface area (Å²) >= 11 is 0. The maximum atomic E-state index is 12.3. The highest BCUT2D eigenvalue weighted by molar-refractivity contribution is 6.02. The highest BCUT2D eigenvalue weighted by Gasteiger charge is 2.42. The zero-order chi connectivity index (χ0) is 14.1. The number of nitrogens with zero attached hydrogens (tertiary/aromatic N) is 2. The largest absolute Gasteiger partial charge is 0.478 e. The van der Waals surface area contributed by atoms with Gasteiger partial charge in [0.15, 0.2) is 0 Å². The first-order chi connectivity index (χ1) is 8.14. The Balaban J connectivity index is 3.28. The highest BCUT2D eigenvalue weighted by atomic mass is 19.4. The summed E-state index contributed by atoms with van der Waals surface area (Å²) < 4.78 is 36.8. The molecule has 18 heavy (non-hydrogen) atoms. The van der Waals surface area contributed by atoms with Gasteiger partial charge in [-0.3, -0.25) is 9.69 Å². The molecule has 5 nitrogen and oxygen atoms in total. The number of amides is 1. The summed E-state index contributed by atoms with van der Waals surface area (Å²) in [4.78, 5) is 25.7. The molecule has 0 spiro atoms. The van der Waals surface area contributed by atoms with Gasteiger partial charge in [-0.05, 0) is 19.1 Å². The number of hydrogen-bond acceptors (Lipinski definition) is 3. The second-order valence-electron chi connectivity index (χ2n) is 3.49. The minimum atomic E-state index is -5.09. The molecule has 0 aliphatic rings. The third kappa shape index (κ3) is 2.76. The molecule has 0 radical (unpaired) electrons. The number of halogens is 3. The van der Waals surface area contributed by atoms with Crippen molar-refractivity contribution in [2.75, 3.05) is 11.9 Å². The lowest BCUT2D eigenvalue weighted by Gasteiger charge is -2.19. The molecule has 98 valence electrons. The molecule has 0 fully saturated rings. The number of carboxylic acids is 1. The molecule has 0 aromatic carbocycles. The Bertz CT molecular complexity index is 500. The fourth-order valence-electron chi connectivity index (χ4n) is 1.25. The van der Waals surface area contributed by atoms with Crippen molar-refractivity contribution < 1.29 is 27.9 Å². The number of aromatic carboxylic acids is 1. The Morgan fingerprint density at radius 2 is 1.89 bits per heavy atom. The predicted molar refractivity (Wildman–Crippen MR) is 55.4 cm³/mol. The molecule has 1 rings (SSSR count). The number of rotatable bonds is 2. The standard InChI is InChI=1S/C10H9F3N2O3/c1-5-3-4-6(8(16)17)7(14-5)15(2)9(18)10(11,12)13/h3-4H,1-2H3,(H,16,17). The van der Waals surface area contributed by atoms with Gasteiger partial charge in [0, 0.05) is 12.7 Å². The van der Waals surface area contributed by atoms with Crippen LogP contribution in [0.3, 0.4) is 0 Å². The number of aryl methyl sites for hydroxylation is 1. The number of pyridine rings is 1. The zero-order valence-corrected chi connectivity index (χ0v) is 9.45. The van der Waals surface area contributed by atoms with E-state index >= 15 is 0 Å². The van der Waals surface area contributed by atoms with Gasteiger partial charge in [0.1, 0.15) is 11.4 Å². The summed E-state index contributed by atoms with van der Waals surface area (Å²) in [5.74, 6) is -4.17. The summed E-state index contributed by atoms with van der Waals surface area (Å²) in [6.07, 6.45) is -5.09. The Morgan fingerprint density at radius 1 is 1.33 bits per heavy atom. The molecular weight excluding hydrogens is 253 g/mol. The van der Waals surface area contributed by atoms with Gasteiger partial charge >= 0.3 is 18.1 Å². The lowest BCUT2D eigenvalue weighted by Crippen LogP contribution is -2.39. The number of carbonyl (C=O) groups is 2. The van der Waals surface area contributed by atoms with Gasteiger partial charge < -0.3 is 5.11 Å². The second kappa shape index (κ2) is 4.63. The molecule has 1 N–H and O–H groups in total. The minimum absolute atomic E-state index is 0.177. The van der Waals surface area contributed by atoms with Crippen LogP contribution in [0.15, 0.2) is 12.1 Å². The molecule has 8 heteroatoms. The number of aromatic nitrogens is 1. The van der Waals surface area contributed by atoms with E-state index in [1.54, 1.807) is 0 Å². The van der Waals surface area contributed by atoms with E-state index in [0.29, 0.717) is 5.69 Å². The summed E-state index contributed by atoms with van der Waals surface area (Å²) in [5, 5.41) is 8.83. The molecular formula is C10H9F3N2O3. The average Bonchev–Trinajstić information content (AvgIpc) is 2.25. The lowest BCUT2D eigenvalue weighted by molar-refractivity contribution is -0.170. The van der Waals surface area contributed by atoms with Gasteiger partial charge in [-0.15, -0.1) is 0 Å². The molecule has 0 saturated carbocycles. The van der Waals surface area contributed by atoms with Crippen LogP contribution in [0.2, 0.25) is 0 Å². The van der Waals surface area contributed by atoms with Crippen LogP contribution in [-0.4, -0.2) is 35.2 Å². The quantitative estimate of drug-likeness (QED) is 0.879. The Hall–Kier alpha value is -2.12. The van der Waals surface area contributed by atoms with Crippen molar-refractivity contribution in [1.29, 1.82) is 0 Å². The van der Waals surface area contributed by atoms with Crippen molar-refractivity contribution in [2.24, 2.45) is 0 Å². The van der Waals surface area contributed by atoms with E-state index < -0.39 is 29.4 Å². The van der Waals surface area contributed by atoms with E-state index in [1.807, 2.05) is 0 Å². The second-order valence-corrected chi connectivity index (χ2v) is 3.49. The van der Waals surface area contributed by atoms with Crippen LogP contribution < -0.4 is 4.90 Å². The average molecular weight is 262 g/mol. The lowest BCUT2D eigenvalue weighted by atomic mass is 10.2. The topological polar surface area (TPSA) is 70.5 Å². The van der Waals surface area contributed by atoms with Crippen molar-refractivity contribution in [3.8, 4) is 0 Å². The smallest absolute Gasteiger partial charge is 0.471 e. The van der Waals surface area contributed by atoms with Gasteiger partial charge in [0.25, 0.3) is 0 Å². The van der Waals surface area contributed by atoms with Crippen LogP contribution in [0.4, 0.5) is 19.0 Å². The molecule has 1 aromatic heterocycles. The first-order valence-electron chi connectivity index (χ1n) is 4.70. The number of alkyl halides is 3. The van der Waals surface area contributed by atoms with Gasteiger partial charge in [0.2, 0.25) is 0 Å². The van der Waals surface area contributed by atoms with Crippen LogP contribution >= 0.6 is 0 Å². The van der Waals surface area contributed by atoms with Crippen LogP contribution in [0.5, 0.6) is 0 Å². The van der Waals surface area contributed by atoms with Crippen LogP contribution in [0.25, 0.3) is 0 Å². The number of anilines is 1. The molecule has 0 unspecified atom stereocenters. The molecule has 0 atom stereocenters. The SMILES string of the molecule is Cc1ccc(C(=O)O)c(N(C)C(=O)C(F)(F)F)n1. The van der Waals surface area contributed by atoms with Gasteiger partial charge in [-0.2, -0.15) is 13.2 Å². The zero-order valence-electron chi connectivity index (χ0n) is 9.45. The van der Waals surface area contributed by atoms with Crippen molar-refractivity contribution in [2.45, 2.75) is 13.1 Å². The molecule has 1 aromatic rings. The fourth-order valence-corrected chi connectivity index (χ4v) is 1.25. The summed E-state index contributed by atoms with van der Waals surface area (Å²) in [7, 11) is 0.823. The van der Waals surface area contributed by atoms with Crippen molar-refractivity contribution in [1.82, 2.24) is 4.98 Å². The van der Waals surface area contributed by atoms with E-state index in [2.05, 4.69) is 4.98 Å². The summed E-state index contributed by atoms with van der Waals surface area (Å²) in [6, 6.07) is 2.43. The summed E-state index contributed by atoms with van der Waals surface area (Å²) in [5.41, 5.74) is -0.169. The van der Waals surface area contributed by atoms with Crippen molar-refractivity contribution >= 4 is 17.7 Å². The third-order valence-corrected chi connectivity index (χ3v) is 2.11. The predicted octanol–water partition coefficient (Wildman–Crippen LogP) is 1.61. The molecule has 0 aliphatic carbocycles. The normalized spacial score (nSPS) is 11.2. The van der Waals surface area contributed by atoms with Crippen LogP contribution in [0.1, 0.15) is 16.1 Å². The first kappa shape index (κ1) is 13.9. The van der Waals surface area contributed by atoms with Crippen molar-refractivity contribution in [3.05, 3.63) is 23.4 Å². The molecule has 0 saturated heterocycles. The molecule has 0 aliphatic heterocycles. The summed E-state index contributed by atoms with van der Waals surface area (Å²) in [6.45, 7) is 1.47. The maximum Gasteiger partial charge on any atom is 0.471 e. The molecule has 1 heterocycles. The Labute approximate surface area is 99.8 Å². The van der Waals surface area contributed by atoms with Crippen LogP contribution in [0, 0.1) is 6.92 Å². The van der Waals surface area contributed by atoms with Gasteiger partial charge in [-0.25, -0.2) is 9.78 Å². The van der Waals surface area contributed by atoms with Crippen molar-refractivity contribution in [3.63, 3.8) is 0 Å². The Kier molecular flexibility index (Phi) is 3.59. The van der Waals surface area contributed by atoms with E-state index in [9.17, 15) is 22.8 Å². The first-order valence-corrected chi connectivity index (χ1v) is 4.70. The third-order valence-electron chi connectivity index (χ3n) is 2.11.